The van der Waals surface area contributed by atoms with E-state index in [1.165, 1.54) is 0 Å². The lowest BCUT2D eigenvalue weighted by Crippen LogP contribution is -2.27. The lowest BCUT2D eigenvalue weighted by Gasteiger charge is -2.10. The molecule has 0 radical (unpaired) electrons. The van der Waals surface area contributed by atoms with Gasteiger partial charge in [-0.05, 0) is 45.6 Å². The standard InChI is InChI=1S/C13H20N2O/c1-11-7-4-5-8-12(11)13(16)14-9-6-10-15(2)3/h4-5,7-8H,6,9-10H2,1-3H3,(H,14,16). The predicted octanol–water partition coefficient (Wildman–Crippen LogP) is 1.68. The molecular weight excluding hydrogens is 200 g/mol. The number of hydrogen-bond donors (Lipinski definition) is 1. The molecule has 0 bridgehead atoms. The van der Waals surface area contributed by atoms with Gasteiger partial charge in [-0.15, -0.1) is 0 Å². The first-order valence-corrected chi connectivity index (χ1v) is 5.60. The molecule has 0 saturated carbocycles. The minimum atomic E-state index is 0.0249. The molecule has 0 unspecified atom stereocenters. The van der Waals surface area contributed by atoms with Gasteiger partial charge in [-0.25, -0.2) is 0 Å². The molecule has 1 aromatic carbocycles. The second-order valence-electron chi connectivity index (χ2n) is 4.23. The summed E-state index contributed by atoms with van der Waals surface area (Å²) in [5, 5.41) is 2.93. The van der Waals surface area contributed by atoms with Crippen LogP contribution in [0, 0.1) is 6.92 Å². The molecule has 0 atom stereocenters. The summed E-state index contributed by atoms with van der Waals surface area (Å²) >= 11 is 0. The van der Waals surface area contributed by atoms with Crippen molar-refractivity contribution >= 4 is 5.91 Å². The lowest BCUT2D eigenvalue weighted by atomic mass is 10.1. The Hall–Kier alpha value is -1.35. The molecule has 1 aromatic rings. The Morgan fingerprint density at radius 3 is 2.62 bits per heavy atom. The van der Waals surface area contributed by atoms with Crippen LogP contribution >= 0.6 is 0 Å². The van der Waals surface area contributed by atoms with Crippen molar-refractivity contribution < 1.29 is 4.79 Å². The highest BCUT2D eigenvalue weighted by Crippen LogP contribution is 2.06. The monoisotopic (exact) mass is 220 g/mol. The summed E-state index contributed by atoms with van der Waals surface area (Å²) in [6.45, 7) is 3.67. The Kier molecular flexibility index (Phi) is 4.99. The molecular formula is C13H20N2O. The van der Waals surface area contributed by atoms with E-state index in [0.29, 0.717) is 0 Å². The quantitative estimate of drug-likeness (QED) is 0.766. The van der Waals surface area contributed by atoms with Gasteiger partial charge in [0.05, 0.1) is 0 Å². The zero-order chi connectivity index (χ0) is 12.0. The number of carbonyl (C=O) groups is 1. The molecule has 3 nitrogen and oxygen atoms in total. The van der Waals surface area contributed by atoms with Crippen LogP contribution in [0.25, 0.3) is 0 Å². The first-order valence-electron chi connectivity index (χ1n) is 5.60. The van der Waals surface area contributed by atoms with Gasteiger partial charge >= 0.3 is 0 Å². The van der Waals surface area contributed by atoms with Gasteiger partial charge in [0.15, 0.2) is 0 Å². The Morgan fingerprint density at radius 2 is 2.00 bits per heavy atom. The van der Waals surface area contributed by atoms with E-state index in [4.69, 9.17) is 0 Å². The molecule has 16 heavy (non-hydrogen) atoms. The van der Waals surface area contributed by atoms with Gasteiger partial charge in [0.25, 0.3) is 5.91 Å². The zero-order valence-corrected chi connectivity index (χ0v) is 10.3. The fraction of sp³-hybridized carbons (Fsp3) is 0.462. The fourth-order valence-corrected chi connectivity index (χ4v) is 1.52. The number of benzene rings is 1. The van der Waals surface area contributed by atoms with Gasteiger partial charge in [0, 0.05) is 12.1 Å². The summed E-state index contributed by atoms with van der Waals surface area (Å²) in [4.78, 5) is 13.9. The first-order chi connectivity index (χ1) is 7.61. The lowest BCUT2D eigenvalue weighted by molar-refractivity contribution is 0.0951. The number of amides is 1. The summed E-state index contributed by atoms with van der Waals surface area (Å²) < 4.78 is 0. The largest absolute Gasteiger partial charge is 0.352 e. The SMILES string of the molecule is Cc1ccccc1C(=O)NCCCN(C)C. The van der Waals surface area contributed by atoms with Gasteiger partial charge in [-0.2, -0.15) is 0 Å². The Bertz CT molecular complexity index is 348. The minimum Gasteiger partial charge on any atom is -0.352 e. The number of aryl methyl sites for hydroxylation is 1. The maximum Gasteiger partial charge on any atom is 0.251 e. The smallest absolute Gasteiger partial charge is 0.251 e. The Labute approximate surface area is 97.5 Å². The highest BCUT2D eigenvalue weighted by Gasteiger charge is 2.06. The molecule has 0 aliphatic rings. The van der Waals surface area contributed by atoms with Crippen LogP contribution in [0.2, 0.25) is 0 Å². The molecule has 1 rings (SSSR count). The van der Waals surface area contributed by atoms with Crippen molar-refractivity contribution in [3.63, 3.8) is 0 Å². The summed E-state index contributed by atoms with van der Waals surface area (Å²) in [6.07, 6.45) is 0.977. The van der Waals surface area contributed by atoms with Crippen LogP contribution in [0.3, 0.4) is 0 Å². The zero-order valence-electron chi connectivity index (χ0n) is 10.3. The van der Waals surface area contributed by atoms with Crippen LogP contribution in [0.15, 0.2) is 24.3 Å². The molecule has 0 aliphatic heterocycles. The van der Waals surface area contributed by atoms with Crippen LogP contribution in [0.1, 0.15) is 22.3 Å². The third-order valence-electron chi connectivity index (χ3n) is 2.46. The predicted molar refractivity (Wildman–Crippen MR) is 66.7 cm³/mol. The van der Waals surface area contributed by atoms with Crippen molar-refractivity contribution in [2.24, 2.45) is 0 Å². The number of nitrogens with zero attached hydrogens (tertiary/aromatic N) is 1. The fourth-order valence-electron chi connectivity index (χ4n) is 1.52. The summed E-state index contributed by atoms with van der Waals surface area (Å²) in [6, 6.07) is 7.64. The summed E-state index contributed by atoms with van der Waals surface area (Å²) in [5.74, 6) is 0.0249. The van der Waals surface area contributed by atoms with Gasteiger partial charge in [-0.1, -0.05) is 18.2 Å². The Morgan fingerprint density at radius 1 is 1.31 bits per heavy atom. The van der Waals surface area contributed by atoms with Crippen LogP contribution in [-0.2, 0) is 0 Å². The molecule has 0 heterocycles. The van der Waals surface area contributed by atoms with Crippen molar-refractivity contribution in [3.8, 4) is 0 Å². The van der Waals surface area contributed by atoms with Crippen LogP contribution in [0.4, 0.5) is 0 Å². The molecule has 1 N–H and O–H groups in total. The maximum atomic E-state index is 11.8. The third-order valence-corrected chi connectivity index (χ3v) is 2.46. The molecule has 1 amide bonds. The van der Waals surface area contributed by atoms with Gasteiger partial charge < -0.3 is 10.2 Å². The molecule has 88 valence electrons. The number of nitrogens with one attached hydrogen (secondary N) is 1. The molecule has 0 spiro atoms. The van der Waals surface area contributed by atoms with Crippen molar-refractivity contribution in [2.45, 2.75) is 13.3 Å². The molecule has 0 aromatic heterocycles. The van der Waals surface area contributed by atoms with Crippen molar-refractivity contribution in [1.29, 1.82) is 0 Å². The highest BCUT2D eigenvalue weighted by molar-refractivity contribution is 5.95. The van der Waals surface area contributed by atoms with E-state index in [0.717, 1.165) is 30.6 Å². The van der Waals surface area contributed by atoms with E-state index >= 15 is 0 Å². The average Bonchev–Trinajstić information content (AvgIpc) is 2.24. The number of hydrogen-bond acceptors (Lipinski definition) is 2. The van der Waals surface area contributed by atoms with E-state index in [1.807, 2.05) is 45.3 Å². The minimum absolute atomic E-state index is 0.0249. The molecule has 3 heteroatoms. The van der Waals surface area contributed by atoms with Gasteiger partial charge in [0.2, 0.25) is 0 Å². The first kappa shape index (κ1) is 12.7. The van der Waals surface area contributed by atoms with E-state index in [9.17, 15) is 4.79 Å². The van der Waals surface area contributed by atoms with E-state index < -0.39 is 0 Å². The summed E-state index contributed by atoms with van der Waals surface area (Å²) in [5.41, 5.74) is 1.79. The third kappa shape index (κ3) is 4.03. The van der Waals surface area contributed by atoms with Crippen molar-refractivity contribution in [2.75, 3.05) is 27.2 Å². The second kappa shape index (κ2) is 6.28. The molecule has 0 fully saturated rings. The van der Waals surface area contributed by atoms with E-state index in [2.05, 4.69) is 10.2 Å². The second-order valence-corrected chi connectivity index (χ2v) is 4.23. The summed E-state index contributed by atoms with van der Waals surface area (Å²) in [7, 11) is 4.06. The molecule has 0 aliphatic carbocycles. The van der Waals surface area contributed by atoms with Gasteiger partial charge in [0.1, 0.15) is 0 Å². The average molecular weight is 220 g/mol. The van der Waals surface area contributed by atoms with Crippen molar-refractivity contribution in [3.05, 3.63) is 35.4 Å². The van der Waals surface area contributed by atoms with Crippen LogP contribution in [-0.4, -0.2) is 38.0 Å². The molecule has 0 saturated heterocycles. The normalized spacial score (nSPS) is 10.5. The van der Waals surface area contributed by atoms with Crippen LogP contribution < -0.4 is 5.32 Å². The maximum absolute atomic E-state index is 11.8. The highest BCUT2D eigenvalue weighted by atomic mass is 16.1. The topological polar surface area (TPSA) is 32.3 Å². The van der Waals surface area contributed by atoms with Gasteiger partial charge in [-0.3, -0.25) is 4.79 Å². The Balaban J connectivity index is 2.39. The number of rotatable bonds is 5. The number of carbonyl (C=O) groups excluding carboxylic acids is 1. The van der Waals surface area contributed by atoms with Crippen molar-refractivity contribution in [1.82, 2.24) is 10.2 Å². The van der Waals surface area contributed by atoms with Crippen LogP contribution in [0.5, 0.6) is 0 Å². The van der Waals surface area contributed by atoms with E-state index in [-0.39, 0.29) is 5.91 Å². The van der Waals surface area contributed by atoms with E-state index in [1.54, 1.807) is 0 Å².